The highest BCUT2D eigenvalue weighted by Gasteiger charge is 2.34. The average Bonchev–Trinajstić information content (AvgIpc) is 2.61. The summed E-state index contributed by atoms with van der Waals surface area (Å²) < 4.78 is 1.02. The molecule has 0 spiro atoms. The van der Waals surface area contributed by atoms with E-state index in [9.17, 15) is 9.90 Å². The van der Waals surface area contributed by atoms with Crippen LogP contribution in [0.1, 0.15) is 36.6 Å². The van der Waals surface area contributed by atoms with Crippen LogP contribution in [-0.4, -0.2) is 33.5 Å². The number of pyridine rings is 1. The monoisotopic (exact) mass is 388 g/mol. The van der Waals surface area contributed by atoms with Crippen molar-refractivity contribution < 1.29 is 9.90 Å². The van der Waals surface area contributed by atoms with Crippen molar-refractivity contribution in [3.05, 3.63) is 64.4 Å². The maximum atomic E-state index is 11.7. The number of nitrogens with zero attached hydrogens (tertiary/aromatic N) is 2. The number of hydrogen-bond donors (Lipinski definition) is 1. The molecule has 3 rings (SSSR count). The van der Waals surface area contributed by atoms with Gasteiger partial charge in [0.15, 0.2) is 0 Å². The van der Waals surface area contributed by atoms with E-state index in [1.807, 2.05) is 30.3 Å². The highest BCUT2D eigenvalue weighted by atomic mass is 79.9. The second-order valence-corrected chi connectivity index (χ2v) is 7.10. The van der Waals surface area contributed by atoms with Crippen molar-refractivity contribution in [2.75, 3.05) is 6.54 Å². The largest absolute Gasteiger partial charge is 0.480 e. The van der Waals surface area contributed by atoms with Gasteiger partial charge in [0.05, 0.1) is 0 Å². The quantitative estimate of drug-likeness (QED) is 0.838. The Morgan fingerprint density at radius 3 is 2.71 bits per heavy atom. The van der Waals surface area contributed by atoms with E-state index < -0.39 is 12.0 Å². The number of piperidine rings is 1. The molecule has 2 heterocycles. The number of halogens is 1. The number of carboxylic acids is 1. The Kier molecular flexibility index (Phi) is 5.63. The van der Waals surface area contributed by atoms with Crippen molar-refractivity contribution in [2.45, 2.75) is 37.8 Å². The maximum absolute atomic E-state index is 11.7. The third kappa shape index (κ3) is 4.02. The zero-order chi connectivity index (χ0) is 16.9. The van der Waals surface area contributed by atoms with Crippen molar-refractivity contribution >= 4 is 21.9 Å². The number of aliphatic carboxylic acids is 1. The van der Waals surface area contributed by atoms with Gasteiger partial charge in [-0.05, 0) is 49.2 Å². The van der Waals surface area contributed by atoms with Crippen molar-refractivity contribution in [1.29, 1.82) is 0 Å². The third-order valence-corrected chi connectivity index (χ3v) is 5.14. The van der Waals surface area contributed by atoms with Crippen LogP contribution in [0, 0.1) is 0 Å². The van der Waals surface area contributed by atoms with E-state index in [0.717, 1.165) is 35.1 Å². The van der Waals surface area contributed by atoms with Gasteiger partial charge in [-0.25, -0.2) is 0 Å². The molecule has 5 heteroatoms. The van der Waals surface area contributed by atoms with Gasteiger partial charge in [0.2, 0.25) is 0 Å². The van der Waals surface area contributed by atoms with Crippen LogP contribution in [0.2, 0.25) is 0 Å². The summed E-state index contributed by atoms with van der Waals surface area (Å²) >= 11 is 3.47. The first-order chi connectivity index (χ1) is 11.6. The van der Waals surface area contributed by atoms with Gasteiger partial charge in [0.25, 0.3) is 0 Å². The van der Waals surface area contributed by atoms with Crippen LogP contribution in [-0.2, 0) is 11.2 Å². The van der Waals surface area contributed by atoms with Gasteiger partial charge in [0.1, 0.15) is 6.04 Å². The summed E-state index contributed by atoms with van der Waals surface area (Å²) in [7, 11) is 0. The Hall–Kier alpha value is -1.72. The van der Waals surface area contributed by atoms with E-state index in [-0.39, 0.29) is 6.04 Å². The van der Waals surface area contributed by atoms with Crippen molar-refractivity contribution in [3.8, 4) is 0 Å². The zero-order valence-electron chi connectivity index (χ0n) is 13.4. The Bertz CT molecular complexity index is 676. The van der Waals surface area contributed by atoms with Gasteiger partial charge in [-0.2, -0.15) is 0 Å². The second-order valence-electron chi connectivity index (χ2n) is 6.18. The normalized spacial score (nSPS) is 19.8. The van der Waals surface area contributed by atoms with E-state index >= 15 is 0 Å². The molecule has 2 aromatic rings. The van der Waals surface area contributed by atoms with E-state index in [4.69, 9.17) is 0 Å². The lowest BCUT2D eigenvalue weighted by atomic mass is 9.93. The highest BCUT2D eigenvalue weighted by Crippen LogP contribution is 2.32. The molecule has 0 saturated carbocycles. The SMILES string of the molecule is O=C(O)C1CCCCN1C(Cc1ccccn1)c1ccc(Br)cc1. The summed E-state index contributed by atoms with van der Waals surface area (Å²) in [5.74, 6) is -0.724. The fourth-order valence-corrected chi connectivity index (χ4v) is 3.68. The van der Waals surface area contributed by atoms with Crippen molar-refractivity contribution in [1.82, 2.24) is 9.88 Å². The van der Waals surface area contributed by atoms with Gasteiger partial charge in [0, 0.05) is 28.8 Å². The molecule has 2 unspecified atom stereocenters. The Labute approximate surface area is 150 Å². The fourth-order valence-electron chi connectivity index (χ4n) is 3.42. The predicted molar refractivity (Wildman–Crippen MR) is 96.8 cm³/mol. The maximum Gasteiger partial charge on any atom is 0.320 e. The second kappa shape index (κ2) is 7.90. The standard InChI is InChI=1S/C19H21BrN2O2/c20-15-9-7-14(8-10-15)18(13-16-5-1-3-11-21-16)22-12-4-2-6-17(22)19(23)24/h1,3,5,7-11,17-18H,2,4,6,12-13H2,(H,23,24). The van der Waals surface area contributed by atoms with Crippen LogP contribution >= 0.6 is 15.9 Å². The molecule has 0 radical (unpaired) electrons. The summed E-state index contributed by atoms with van der Waals surface area (Å²) in [6.45, 7) is 0.810. The van der Waals surface area contributed by atoms with Gasteiger partial charge >= 0.3 is 5.97 Å². The van der Waals surface area contributed by atoms with E-state index in [1.54, 1.807) is 6.20 Å². The molecular formula is C19H21BrN2O2. The van der Waals surface area contributed by atoms with Crippen molar-refractivity contribution in [2.24, 2.45) is 0 Å². The van der Waals surface area contributed by atoms with Crippen molar-refractivity contribution in [3.63, 3.8) is 0 Å². The number of aromatic nitrogens is 1. The Balaban J connectivity index is 1.94. The number of hydrogen-bond acceptors (Lipinski definition) is 3. The first-order valence-electron chi connectivity index (χ1n) is 8.29. The predicted octanol–water partition coefficient (Wildman–Crippen LogP) is 4.07. The minimum atomic E-state index is -0.724. The van der Waals surface area contributed by atoms with Crippen LogP contribution in [0.15, 0.2) is 53.1 Å². The summed E-state index contributed by atoms with van der Waals surface area (Å²) in [6.07, 6.45) is 5.23. The molecule has 1 aliphatic rings. The summed E-state index contributed by atoms with van der Waals surface area (Å²) in [6, 6.07) is 13.7. The lowest BCUT2D eigenvalue weighted by Crippen LogP contribution is -2.47. The molecule has 0 aliphatic carbocycles. The summed E-state index contributed by atoms with van der Waals surface area (Å²) in [4.78, 5) is 18.3. The highest BCUT2D eigenvalue weighted by molar-refractivity contribution is 9.10. The molecule has 1 aromatic heterocycles. The smallest absolute Gasteiger partial charge is 0.320 e. The van der Waals surface area contributed by atoms with Gasteiger partial charge < -0.3 is 5.11 Å². The molecule has 126 valence electrons. The molecule has 1 aliphatic heterocycles. The van der Waals surface area contributed by atoms with Crippen LogP contribution in [0.5, 0.6) is 0 Å². The molecule has 0 bridgehead atoms. The lowest BCUT2D eigenvalue weighted by Gasteiger charge is -2.39. The van der Waals surface area contributed by atoms with Gasteiger partial charge in [-0.15, -0.1) is 0 Å². The van der Waals surface area contributed by atoms with Gasteiger partial charge in [-0.1, -0.05) is 40.5 Å². The van der Waals surface area contributed by atoms with Gasteiger partial charge in [-0.3, -0.25) is 14.7 Å². The van der Waals surface area contributed by atoms with Crippen LogP contribution in [0.4, 0.5) is 0 Å². The first kappa shape index (κ1) is 17.1. The Morgan fingerprint density at radius 2 is 2.04 bits per heavy atom. The number of rotatable bonds is 5. The first-order valence-corrected chi connectivity index (χ1v) is 9.08. The molecule has 1 fully saturated rings. The number of likely N-dealkylation sites (tertiary alicyclic amines) is 1. The third-order valence-electron chi connectivity index (χ3n) is 4.61. The summed E-state index contributed by atoms with van der Waals surface area (Å²) in [5.41, 5.74) is 2.12. The van der Waals surface area contributed by atoms with E-state index in [2.05, 4.69) is 37.9 Å². The molecule has 1 N–H and O–H groups in total. The van der Waals surface area contributed by atoms with E-state index in [1.165, 1.54) is 0 Å². The minimum absolute atomic E-state index is 0.0226. The molecule has 24 heavy (non-hydrogen) atoms. The summed E-state index contributed by atoms with van der Waals surface area (Å²) in [5, 5.41) is 9.65. The number of benzene rings is 1. The molecule has 1 saturated heterocycles. The molecule has 4 nitrogen and oxygen atoms in total. The average molecular weight is 389 g/mol. The Morgan fingerprint density at radius 1 is 1.25 bits per heavy atom. The van der Waals surface area contributed by atoms with Crippen LogP contribution in [0.25, 0.3) is 0 Å². The number of carboxylic acid groups (broad SMARTS) is 1. The lowest BCUT2D eigenvalue weighted by molar-refractivity contribution is -0.146. The zero-order valence-corrected chi connectivity index (χ0v) is 15.0. The molecule has 2 atom stereocenters. The fraction of sp³-hybridized carbons (Fsp3) is 0.368. The van der Waals surface area contributed by atoms with Crippen LogP contribution < -0.4 is 0 Å². The van der Waals surface area contributed by atoms with Crippen LogP contribution in [0.3, 0.4) is 0 Å². The molecule has 1 aromatic carbocycles. The van der Waals surface area contributed by atoms with E-state index in [0.29, 0.717) is 12.8 Å². The minimum Gasteiger partial charge on any atom is -0.480 e. The number of carbonyl (C=O) groups is 1. The molecular weight excluding hydrogens is 368 g/mol. The molecule has 0 amide bonds. The topological polar surface area (TPSA) is 53.4 Å².